The first-order valence-electron chi connectivity index (χ1n) is 11.9. The van der Waals surface area contributed by atoms with E-state index in [1.54, 1.807) is 26.7 Å². The van der Waals surface area contributed by atoms with Crippen molar-refractivity contribution in [2.24, 2.45) is 0 Å². The number of hydrogen-bond donors (Lipinski definition) is 1. The van der Waals surface area contributed by atoms with Crippen molar-refractivity contribution < 1.29 is 14.4 Å². The van der Waals surface area contributed by atoms with Crippen LogP contribution in [0.4, 0.5) is 4.79 Å². The third-order valence-corrected chi connectivity index (χ3v) is 7.17. The fraction of sp³-hybridized carbons (Fsp3) is 0.560. The van der Waals surface area contributed by atoms with Crippen LogP contribution in [0.2, 0.25) is 0 Å². The number of urea groups is 1. The van der Waals surface area contributed by atoms with E-state index in [0.29, 0.717) is 13.0 Å². The van der Waals surface area contributed by atoms with Gasteiger partial charge in [-0.1, -0.05) is 50.1 Å². The Morgan fingerprint density at radius 2 is 1.94 bits per heavy atom. The molecule has 2 atom stereocenters. The fourth-order valence-electron chi connectivity index (χ4n) is 4.82. The largest absolute Gasteiger partial charge is 0.334 e. The van der Waals surface area contributed by atoms with E-state index in [-0.39, 0.29) is 43.5 Å². The Labute approximate surface area is 207 Å². The van der Waals surface area contributed by atoms with Crippen LogP contribution in [0.3, 0.4) is 0 Å². The van der Waals surface area contributed by atoms with Gasteiger partial charge in [-0.2, -0.15) is 16.8 Å². The van der Waals surface area contributed by atoms with Gasteiger partial charge in [0.15, 0.2) is 0 Å². The van der Waals surface area contributed by atoms with E-state index in [0.717, 1.165) is 24.2 Å². The lowest BCUT2D eigenvalue weighted by Gasteiger charge is -2.56. The number of nitrogens with zero attached hydrogens (tertiary/aromatic N) is 4. The second-order valence-corrected chi connectivity index (χ2v) is 9.54. The lowest BCUT2D eigenvalue weighted by Crippen LogP contribution is -2.77. The molecule has 0 unspecified atom stereocenters. The summed E-state index contributed by atoms with van der Waals surface area (Å²) in [5, 5.41) is 6.17. The minimum Gasteiger partial charge on any atom is -0.334 e. The average Bonchev–Trinajstić information content (AvgIpc) is 2.84. The van der Waals surface area contributed by atoms with Crippen LogP contribution in [0.25, 0.3) is 0 Å². The van der Waals surface area contributed by atoms with E-state index in [9.17, 15) is 14.4 Å². The second-order valence-electron chi connectivity index (χ2n) is 8.56. The van der Waals surface area contributed by atoms with Crippen LogP contribution >= 0.6 is 11.8 Å². The number of thioether (sulfide) groups is 1. The Bertz CT molecular complexity index is 902. The van der Waals surface area contributed by atoms with Gasteiger partial charge in [0.25, 0.3) is 0 Å². The van der Waals surface area contributed by atoms with Crippen LogP contribution in [-0.2, 0) is 16.1 Å². The van der Waals surface area contributed by atoms with Gasteiger partial charge >= 0.3 is 6.03 Å². The van der Waals surface area contributed by atoms with Gasteiger partial charge in [0.05, 0.1) is 19.6 Å². The number of piperazine rings is 1. The molecule has 0 aliphatic carbocycles. The van der Waals surface area contributed by atoms with Gasteiger partial charge in [-0.15, -0.1) is 6.42 Å². The maximum absolute atomic E-state index is 13.5. The third-order valence-electron chi connectivity index (χ3n) is 6.52. The van der Waals surface area contributed by atoms with Crippen molar-refractivity contribution in [2.45, 2.75) is 57.9 Å². The third kappa shape index (κ3) is 5.50. The Morgan fingerprint density at radius 1 is 1.24 bits per heavy atom. The first-order valence-corrected chi connectivity index (χ1v) is 13.3. The zero-order valence-corrected chi connectivity index (χ0v) is 21.1. The number of amides is 4. The predicted octanol–water partition coefficient (Wildman–Crippen LogP) is 2.37. The molecule has 0 bridgehead atoms. The molecule has 8 nitrogen and oxygen atoms in total. The van der Waals surface area contributed by atoms with Crippen LogP contribution in [0, 0.1) is 12.3 Å². The summed E-state index contributed by atoms with van der Waals surface area (Å²) < 4.78 is 0. The van der Waals surface area contributed by atoms with Gasteiger partial charge in [0, 0.05) is 12.6 Å². The lowest BCUT2D eigenvalue weighted by atomic mass is 10.0. The zero-order chi connectivity index (χ0) is 24.7. The Morgan fingerprint density at radius 3 is 2.56 bits per heavy atom. The van der Waals surface area contributed by atoms with E-state index in [2.05, 4.69) is 25.1 Å². The van der Waals surface area contributed by atoms with Gasteiger partial charge in [0.1, 0.15) is 12.2 Å². The summed E-state index contributed by atoms with van der Waals surface area (Å²) in [5.74, 6) is 3.12. The molecule has 4 amide bonds. The monoisotopic (exact) mass is 485 g/mol. The van der Waals surface area contributed by atoms with E-state index in [1.807, 2.05) is 41.5 Å². The molecule has 34 heavy (non-hydrogen) atoms. The second kappa shape index (κ2) is 12.1. The molecule has 0 aromatic heterocycles. The Hall–Kier alpha value is -2.70. The molecule has 9 heteroatoms. The minimum absolute atomic E-state index is 0.0256. The van der Waals surface area contributed by atoms with Crippen molar-refractivity contribution in [3.8, 4) is 12.3 Å². The first-order chi connectivity index (χ1) is 16.5. The molecular formula is C25H35N5O3S. The number of carbonyl (C=O) groups is 3. The van der Waals surface area contributed by atoms with Crippen LogP contribution in [0.15, 0.2) is 30.3 Å². The number of rotatable bonds is 9. The molecule has 0 radical (unpaired) electrons. The summed E-state index contributed by atoms with van der Waals surface area (Å²) in [5.41, 5.74) is 0.972. The fourth-order valence-corrected chi connectivity index (χ4v) is 5.27. The SMILES string of the molecule is C#CCN1CC(=O)N2[C@@H](CCSC)C(=O)N(C(CC)CC)C[C@@H]2N1C(=O)NCc1ccccc1. The molecule has 184 valence electrons. The smallest absolute Gasteiger partial charge is 0.334 e. The molecular weight excluding hydrogens is 450 g/mol. The number of carbonyl (C=O) groups excluding carboxylic acids is 3. The summed E-state index contributed by atoms with van der Waals surface area (Å²) in [4.78, 5) is 43.8. The number of hydrogen-bond acceptors (Lipinski definition) is 5. The van der Waals surface area contributed by atoms with Crippen molar-refractivity contribution in [1.29, 1.82) is 0 Å². The quantitative estimate of drug-likeness (QED) is 0.544. The number of fused-ring (bicyclic) bond motifs is 1. The highest BCUT2D eigenvalue weighted by atomic mass is 32.2. The van der Waals surface area contributed by atoms with Crippen LogP contribution in [-0.4, -0.2) is 87.6 Å². The molecule has 0 spiro atoms. The van der Waals surface area contributed by atoms with Crippen LogP contribution < -0.4 is 5.32 Å². The molecule has 3 rings (SSSR count). The Balaban J connectivity index is 1.94. The normalized spacial score (nSPS) is 21.0. The first kappa shape index (κ1) is 25.9. The molecule has 1 aromatic rings. The van der Waals surface area contributed by atoms with Gasteiger partial charge in [-0.25, -0.2) is 9.80 Å². The molecule has 2 aliphatic rings. The molecule has 2 heterocycles. The van der Waals surface area contributed by atoms with E-state index in [1.165, 1.54) is 0 Å². The van der Waals surface area contributed by atoms with E-state index in [4.69, 9.17) is 6.42 Å². The number of hydrazine groups is 1. The maximum Gasteiger partial charge on any atom is 0.334 e. The minimum atomic E-state index is -0.601. The molecule has 2 saturated heterocycles. The van der Waals surface area contributed by atoms with E-state index < -0.39 is 12.2 Å². The van der Waals surface area contributed by atoms with Crippen LogP contribution in [0.5, 0.6) is 0 Å². The topological polar surface area (TPSA) is 76.2 Å². The summed E-state index contributed by atoms with van der Waals surface area (Å²) >= 11 is 1.64. The predicted molar refractivity (Wildman–Crippen MR) is 134 cm³/mol. The summed E-state index contributed by atoms with van der Waals surface area (Å²) in [7, 11) is 0. The molecule has 1 aromatic carbocycles. The van der Waals surface area contributed by atoms with Gasteiger partial charge < -0.3 is 15.1 Å². The van der Waals surface area contributed by atoms with Crippen molar-refractivity contribution in [3.05, 3.63) is 35.9 Å². The highest BCUT2D eigenvalue weighted by Crippen LogP contribution is 2.30. The maximum atomic E-state index is 13.5. The summed E-state index contributed by atoms with van der Waals surface area (Å²) in [6, 6.07) is 8.79. The number of nitrogens with one attached hydrogen (secondary N) is 1. The van der Waals surface area contributed by atoms with Gasteiger partial charge in [-0.05, 0) is 36.8 Å². The highest BCUT2D eigenvalue weighted by Gasteiger charge is 2.51. The summed E-state index contributed by atoms with van der Waals surface area (Å²) in [6.45, 7) is 4.84. The highest BCUT2D eigenvalue weighted by molar-refractivity contribution is 7.98. The number of benzene rings is 1. The van der Waals surface area contributed by atoms with Crippen molar-refractivity contribution in [3.63, 3.8) is 0 Å². The van der Waals surface area contributed by atoms with Gasteiger partial charge in [-0.3, -0.25) is 9.59 Å². The molecule has 2 aliphatic heterocycles. The van der Waals surface area contributed by atoms with Gasteiger partial charge in [0.2, 0.25) is 11.8 Å². The lowest BCUT2D eigenvalue weighted by molar-refractivity contribution is -0.191. The molecule has 1 N–H and O–H groups in total. The average molecular weight is 486 g/mol. The summed E-state index contributed by atoms with van der Waals surface area (Å²) in [6.07, 6.45) is 9.15. The van der Waals surface area contributed by atoms with Crippen LogP contribution in [0.1, 0.15) is 38.7 Å². The van der Waals surface area contributed by atoms with Crippen molar-refractivity contribution in [2.75, 3.05) is 31.6 Å². The zero-order valence-electron chi connectivity index (χ0n) is 20.3. The Kier molecular flexibility index (Phi) is 9.25. The van der Waals surface area contributed by atoms with Crippen molar-refractivity contribution >= 4 is 29.6 Å². The molecule has 0 saturated carbocycles. The molecule has 2 fully saturated rings. The standard InChI is InChI=1S/C25H35N5O3S/c1-5-14-27-18-23(31)29-21(13-15-34-4)24(32)28(20(6-2)7-3)17-22(29)30(27)25(33)26-16-19-11-9-8-10-12-19/h1,8-12,20-22H,6-7,13-18H2,2-4H3,(H,26,33)/t21-,22-/m0/s1. The van der Waals surface area contributed by atoms with E-state index >= 15 is 0 Å². The number of terminal acetylenes is 1. The van der Waals surface area contributed by atoms with Crippen molar-refractivity contribution in [1.82, 2.24) is 25.1 Å².